The summed E-state index contributed by atoms with van der Waals surface area (Å²) in [4.78, 5) is 12.6. The van der Waals surface area contributed by atoms with Gasteiger partial charge in [-0.3, -0.25) is 14.1 Å². The smallest absolute Gasteiger partial charge is 0.302 e. The minimum atomic E-state index is -0.0438. The Bertz CT molecular complexity index is 908. The summed E-state index contributed by atoms with van der Waals surface area (Å²) in [6.45, 7) is 0. The zero-order valence-corrected chi connectivity index (χ0v) is 11.8. The lowest BCUT2D eigenvalue weighted by Crippen LogP contribution is -2.31. The summed E-state index contributed by atoms with van der Waals surface area (Å²) in [7, 11) is 3.72. The highest BCUT2D eigenvalue weighted by atomic mass is 16.1. The predicted octanol–water partition coefficient (Wildman–Crippen LogP) is 1.61. The van der Waals surface area contributed by atoms with Gasteiger partial charge in [-0.25, -0.2) is 4.79 Å². The van der Waals surface area contributed by atoms with Crippen molar-refractivity contribution in [2.75, 3.05) is 17.5 Å². The van der Waals surface area contributed by atoms with Gasteiger partial charge in [-0.2, -0.15) is 0 Å². The van der Waals surface area contributed by atoms with Crippen LogP contribution in [0.5, 0.6) is 0 Å². The maximum Gasteiger partial charge on any atom is 0.333 e. The Morgan fingerprint density at radius 2 is 1.76 bits per heavy atom. The summed E-state index contributed by atoms with van der Waals surface area (Å²) in [5.74, 6) is 0. The van der Waals surface area contributed by atoms with Gasteiger partial charge >= 0.3 is 5.69 Å². The van der Waals surface area contributed by atoms with Crippen molar-refractivity contribution in [3.8, 4) is 5.69 Å². The molecule has 0 spiro atoms. The van der Waals surface area contributed by atoms with Gasteiger partial charge in [0, 0.05) is 14.1 Å². The topological polar surface area (TPSA) is 54.2 Å². The first-order valence-corrected chi connectivity index (χ1v) is 6.73. The van der Waals surface area contributed by atoms with Gasteiger partial charge in [0.05, 0.1) is 28.1 Å². The van der Waals surface area contributed by atoms with Gasteiger partial charge in [0.25, 0.3) is 0 Å². The maximum atomic E-state index is 12.6. The third-order valence-corrected chi connectivity index (χ3v) is 3.92. The molecule has 106 valence electrons. The summed E-state index contributed by atoms with van der Waals surface area (Å²) in [6, 6.07) is 13.7. The fraction of sp³-hybridized carbons (Fsp3) is 0.133. The Labute approximate surface area is 121 Å². The molecular formula is C15H15N5O. The first kappa shape index (κ1) is 12.0. The van der Waals surface area contributed by atoms with Gasteiger partial charge in [-0.1, -0.05) is 12.1 Å². The Kier molecular flexibility index (Phi) is 2.37. The average Bonchev–Trinajstić information content (AvgIpc) is 2.99. The molecule has 1 aromatic heterocycles. The summed E-state index contributed by atoms with van der Waals surface area (Å²) in [6.07, 6.45) is 0. The zero-order chi connectivity index (χ0) is 14.6. The number of anilines is 2. The average molecular weight is 281 g/mol. The molecule has 0 aliphatic carbocycles. The number of para-hydroxylation sites is 2. The van der Waals surface area contributed by atoms with Crippen LogP contribution in [0.15, 0.2) is 47.3 Å². The van der Waals surface area contributed by atoms with E-state index in [-0.39, 0.29) is 5.69 Å². The van der Waals surface area contributed by atoms with E-state index in [1.165, 1.54) is 0 Å². The quantitative estimate of drug-likeness (QED) is 0.711. The van der Waals surface area contributed by atoms with Crippen LogP contribution in [0.3, 0.4) is 0 Å². The van der Waals surface area contributed by atoms with E-state index in [9.17, 15) is 4.79 Å². The standard InChI is InChI=1S/C15H15N5O/c1-18-12-5-3-4-6-13(12)20(15(18)21)10-7-8-11-14(9-10)19(2)17-16-11/h3-9,16-17H,1-2H3. The number of fused-ring (bicyclic) bond motifs is 2. The molecule has 21 heavy (non-hydrogen) atoms. The van der Waals surface area contributed by atoms with Crippen LogP contribution in [-0.2, 0) is 7.05 Å². The molecule has 2 heterocycles. The van der Waals surface area contributed by atoms with E-state index >= 15 is 0 Å². The molecule has 6 heteroatoms. The number of benzene rings is 2. The van der Waals surface area contributed by atoms with Crippen LogP contribution in [0.2, 0.25) is 0 Å². The van der Waals surface area contributed by atoms with Crippen LogP contribution in [0.25, 0.3) is 16.7 Å². The van der Waals surface area contributed by atoms with Crippen LogP contribution in [0.4, 0.5) is 11.4 Å². The fourth-order valence-corrected chi connectivity index (χ4v) is 2.79. The summed E-state index contributed by atoms with van der Waals surface area (Å²) < 4.78 is 3.41. The number of hydrogen-bond acceptors (Lipinski definition) is 4. The van der Waals surface area contributed by atoms with Crippen molar-refractivity contribution in [1.82, 2.24) is 14.7 Å². The number of nitrogens with zero attached hydrogens (tertiary/aromatic N) is 3. The molecule has 0 fully saturated rings. The maximum absolute atomic E-state index is 12.6. The van der Waals surface area contributed by atoms with Gasteiger partial charge in [-0.15, -0.1) is 5.53 Å². The van der Waals surface area contributed by atoms with Crippen molar-refractivity contribution in [2.24, 2.45) is 7.05 Å². The molecule has 3 aromatic rings. The largest absolute Gasteiger partial charge is 0.333 e. The minimum absolute atomic E-state index is 0.0438. The van der Waals surface area contributed by atoms with Gasteiger partial charge in [0.2, 0.25) is 0 Å². The number of rotatable bonds is 1. The van der Waals surface area contributed by atoms with E-state index in [1.807, 2.05) is 54.5 Å². The van der Waals surface area contributed by atoms with E-state index in [2.05, 4.69) is 11.0 Å². The van der Waals surface area contributed by atoms with E-state index in [1.54, 1.807) is 16.2 Å². The molecule has 0 amide bonds. The molecule has 0 radical (unpaired) electrons. The molecule has 0 saturated carbocycles. The SMILES string of the molecule is CN1NNc2ccc(-n3c(=O)n(C)c4ccccc43)cc21. The summed E-state index contributed by atoms with van der Waals surface area (Å²) in [5.41, 5.74) is 10.7. The van der Waals surface area contributed by atoms with Crippen molar-refractivity contribution in [1.29, 1.82) is 0 Å². The second-order valence-electron chi connectivity index (χ2n) is 5.16. The molecule has 1 aliphatic heterocycles. The molecule has 1 aliphatic rings. The molecular weight excluding hydrogens is 266 g/mol. The van der Waals surface area contributed by atoms with E-state index < -0.39 is 0 Å². The first-order valence-electron chi connectivity index (χ1n) is 6.73. The minimum Gasteiger partial charge on any atom is -0.302 e. The van der Waals surface area contributed by atoms with Gasteiger partial charge in [-0.05, 0) is 30.3 Å². The summed E-state index contributed by atoms with van der Waals surface area (Å²) in [5, 5.41) is 1.88. The van der Waals surface area contributed by atoms with Crippen LogP contribution >= 0.6 is 0 Å². The zero-order valence-electron chi connectivity index (χ0n) is 11.8. The number of hydrogen-bond donors (Lipinski definition) is 2. The number of nitrogens with one attached hydrogen (secondary N) is 2. The predicted molar refractivity (Wildman–Crippen MR) is 83.7 cm³/mol. The molecule has 0 saturated heterocycles. The number of hydrazine groups is 2. The van der Waals surface area contributed by atoms with Crippen molar-refractivity contribution >= 4 is 22.4 Å². The molecule has 2 aromatic carbocycles. The number of imidazole rings is 1. The first-order chi connectivity index (χ1) is 10.2. The molecule has 0 atom stereocenters. The molecule has 6 nitrogen and oxygen atoms in total. The van der Waals surface area contributed by atoms with E-state index in [0.29, 0.717) is 0 Å². The third kappa shape index (κ3) is 1.59. The van der Waals surface area contributed by atoms with Crippen molar-refractivity contribution in [3.05, 3.63) is 52.9 Å². The number of aryl methyl sites for hydroxylation is 1. The second-order valence-corrected chi connectivity index (χ2v) is 5.16. The van der Waals surface area contributed by atoms with Crippen molar-refractivity contribution < 1.29 is 0 Å². The highest BCUT2D eigenvalue weighted by molar-refractivity contribution is 5.80. The van der Waals surface area contributed by atoms with Gasteiger partial charge < -0.3 is 5.43 Å². The van der Waals surface area contributed by atoms with Gasteiger partial charge in [0.15, 0.2) is 0 Å². The fourth-order valence-electron chi connectivity index (χ4n) is 2.79. The lowest BCUT2D eigenvalue weighted by atomic mass is 10.2. The molecule has 2 N–H and O–H groups in total. The molecule has 0 unspecified atom stereocenters. The Hall–Kier alpha value is -2.73. The highest BCUT2D eigenvalue weighted by Gasteiger charge is 2.17. The van der Waals surface area contributed by atoms with Crippen LogP contribution in [0.1, 0.15) is 0 Å². The lowest BCUT2D eigenvalue weighted by Gasteiger charge is -2.11. The Balaban J connectivity index is 2.02. The van der Waals surface area contributed by atoms with E-state index in [0.717, 1.165) is 28.1 Å². The summed E-state index contributed by atoms with van der Waals surface area (Å²) >= 11 is 0. The van der Waals surface area contributed by atoms with Crippen LogP contribution < -0.4 is 21.7 Å². The van der Waals surface area contributed by atoms with Crippen LogP contribution in [-0.4, -0.2) is 16.2 Å². The van der Waals surface area contributed by atoms with Crippen LogP contribution in [0, 0.1) is 0 Å². The lowest BCUT2D eigenvalue weighted by molar-refractivity contribution is 0.818. The highest BCUT2D eigenvalue weighted by Crippen LogP contribution is 2.30. The van der Waals surface area contributed by atoms with E-state index in [4.69, 9.17) is 0 Å². The monoisotopic (exact) mass is 281 g/mol. The Morgan fingerprint density at radius 1 is 1.00 bits per heavy atom. The van der Waals surface area contributed by atoms with Gasteiger partial charge in [0.1, 0.15) is 0 Å². The molecule has 4 rings (SSSR count). The third-order valence-electron chi connectivity index (χ3n) is 3.92. The Morgan fingerprint density at radius 3 is 2.57 bits per heavy atom. The molecule has 0 bridgehead atoms. The number of aromatic nitrogens is 2. The van der Waals surface area contributed by atoms with Crippen molar-refractivity contribution in [3.63, 3.8) is 0 Å². The second kappa shape index (κ2) is 4.13. The normalized spacial score (nSPS) is 13.5. The van der Waals surface area contributed by atoms with Crippen molar-refractivity contribution in [2.45, 2.75) is 0 Å².